The molecule has 1 aliphatic heterocycles. The largest absolute Gasteiger partial charge is 0.317 e. The van der Waals surface area contributed by atoms with Crippen LogP contribution in [0.5, 0.6) is 0 Å². The normalized spacial score (nSPS) is 36.2. The SMILES string of the molecule is CC1OC(C(=N)Cl)O1. The predicted molar refractivity (Wildman–Crippen MR) is 29.0 cm³/mol. The second kappa shape index (κ2) is 2.01. The lowest BCUT2D eigenvalue weighted by Gasteiger charge is -2.31. The minimum atomic E-state index is -0.591. The second-order valence-electron chi connectivity index (χ2n) is 1.52. The Bertz CT molecular complexity index is 111. The highest BCUT2D eigenvalue weighted by molar-refractivity contribution is 6.65. The maximum absolute atomic E-state index is 6.76. The van der Waals surface area contributed by atoms with E-state index in [0.717, 1.165) is 0 Å². The highest BCUT2D eigenvalue weighted by atomic mass is 35.5. The quantitative estimate of drug-likeness (QED) is 0.544. The molecule has 0 aliphatic carbocycles. The van der Waals surface area contributed by atoms with E-state index in [4.69, 9.17) is 26.5 Å². The van der Waals surface area contributed by atoms with Gasteiger partial charge in [-0.25, -0.2) is 0 Å². The van der Waals surface area contributed by atoms with E-state index in [-0.39, 0.29) is 11.5 Å². The van der Waals surface area contributed by atoms with Crippen molar-refractivity contribution in [3.63, 3.8) is 0 Å². The zero-order valence-electron chi connectivity index (χ0n) is 4.35. The van der Waals surface area contributed by atoms with E-state index in [1.165, 1.54) is 0 Å². The molecule has 0 aromatic rings. The van der Waals surface area contributed by atoms with E-state index in [9.17, 15) is 0 Å². The minimum absolute atomic E-state index is 0.0944. The number of rotatable bonds is 1. The molecule has 0 aromatic carbocycles. The van der Waals surface area contributed by atoms with E-state index in [0.29, 0.717) is 0 Å². The van der Waals surface area contributed by atoms with Crippen molar-refractivity contribution in [1.82, 2.24) is 0 Å². The van der Waals surface area contributed by atoms with Crippen LogP contribution in [-0.2, 0) is 9.47 Å². The molecule has 0 aromatic heterocycles. The summed E-state index contributed by atoms with van der Waals surface area (Å²) in [6.45, 7) is 1.75. The third kappa shape index (κ3) is 0.992. The Morgan fingerprint density at radius 3 is 2.25 bits per heavy atom. The van der Waals surface area contributed by atoms with E-state index in [1.54, 1.807) is 6.92 Å². The summed E-state index contributed by atoms with van der Waals surface area (Å²) >= 11 is 5.18. The molecule has 0 amide bonds. The molecule has 0 atom stereocenters. The van der Waals surface area contributed by atoms with Gasteiger partial charge in [-0.3, -0.25) is 5.41 Å². The lowest BCUT2D eigenvalue weighted by atomic mass is 10.5. The highest BCUT2D eigenvalue weighted by Crippen LogP contribution is 2.17. The van der Waals surface area contributed by atoms with Crippen LogP contribution in [-0.4, -0.2) is 17.8 Å². The van der Waals surface area contributed by atoms with Gasteiger partial charge in [0, 0.05) is 0 Å². The van der Waals surface area contributed by atoms with Gasteiger partial charge in [-0.05, 0) is 6.92 Å². The van der Waals surface area contributed by atoms with Gasteiger partial charge in [0.25, 0.3) is 0 Å². The number of ether oxygens (including phenoxy) is 2. The van der Waals surface area contributed by atoms with Crippen molar-refractivity contribution in [2.75, 3.05) is 0 Å². The van der Waals surface area contributed by atoms with Gasteiger partial charge in [0.15, 0.2) is 11.5 Å². The molecule has 4 heteroatoms. The van der Waals surface area contributed by atoms with Gasteiger partial charge in [0.05, 0.1) is 0 Å². The van der Waals surface area contributed by atoms with E-state index < -0.39 is 6.29 Å². The van der Waals surface area contributed by atoms with Gasteiger partial charge in [-0.2, -0.15) is 0 Å². The van der Waals surface area contributed by atoms with Gasteiger partial charge >= 0.3 is 0 Å². The van der Waals surface area contributed by atoms with Crippen molar-refractivity contribution < 1.29 is 9.47 Å². The molecule has 0 bridgehead atoms. The molecule has 1 N–H and O–H groups in total. The fourth-order valence-corrected chi connectivity index (χ4v) is 0.581. The molecule has 1 saturated heterocycles. The number of nitrogens with one attached hydrogen (secondary N) is 1. The van der Waals surface area contributed by atoms with E-state index >= 15 is 0 Å². The fourth-order valence-electron chi connectivity index (χ4n) is 0.478. The molecule has 3 nitrogen and oxygen atoms in total. The van der Waals surface area contributed by atoms with Gasteiger partial charge in [0.2, 0.25) is 6.29 Å². The fraction of sp³-hybridized carbons (Fsp3) is 0.750. The monoisotopic (exact) mass is 135 g/mol. The average molecular weight is 136 g/mol. The van der Waals surface area contributed by atoms with Crippen LogP contribution in [0.15, 0.2) is 0 Å². The first kappa shape index (κ1) is 6.01. The topological polar surface area (TPSA) is 42.3 Å². The molecule has 1 aliphatic rings. The van der Waals surface area contributed by atoms with Gasteiger partial charge < -0.3 is 9.47 Å². The van der Waals surface area contributed by atoms with Gasteiger partial charge in [-0.15, -0.1) is 0 Å². The summed E-state index contributed by atoms with van der Waals surface area (Å²) in [4.78, 5) is 0. The average Bonchev–Trinajstić information content (AvgIpc) is 1.57. The summed E-state index contributed by atoms with van der Waals surface area (Å²) in [5.41, 5.74) is 0. The van der Waals surface area contributed by atoms with Crippen LogP contribution in [0.3, 0.4) is 0 Å². The summed E-state index contributed by atoms with van der Waals surface area (Å²) in [6.07, 6.45) is -0.786. The first-order chi connectivity index (χ1) is 3.70. The number of hydrogen-bond acceptors (Lipinski definition) is 3. The summed E-state index contributed by atoms with van der Waals surface area (Å²) in [5.74, 6) is 0. The van der Waals surface area contributed by atoms with Crippen molar-refractivity contribution in [3.8, 4) is 0 Å². The van der Waals surface area contributed by atoms with Crippen LogP contribution in [0.4, 0.5) is 0 Å². The minimum Gasteiger partial charge on any atom is -0.317 e. The summed E-state index contributed by atoms with van der Waals surface area (Å²) in [7, 11) is 0. The number of hydrogen-bond donors (Lipinski definition) is 1. The van der Waals surface area contributed by atoms with Crippen molar-refractivity contribution in [2.24, 2.45) is 0 Å². The smallest absolute Gasteiger partial charge is 0.216 e. The molecule has 0 spiro atoms. The molecule has 0 radical (unpaired) electrons. The predicted octanol–water partition coefficient (Wildman–Crippen LogP) is 0.921. The summed E-state index contributed by atoms with van der Waals surface area (Å²) in [5, 5.41) is 6.66. The van der Waals surface area contributed by atoms with Crippen LogP contribution in [0.25, 0.3) is 0 Å². The first-order valence-electron chi connectivity index (χ1n) is 2.25. The second-order valence-corrected chi connectivity index (χ2v) is 1.93. The molecule has 0 saturated carbocycles. The Morgan fingerprint density at radius 1 is 1.62 bits per heavy atom. The third-order valence-electron chi connectivity index (χ3n) is 0.837. The Hall–Kier alpha value is -0.120. The zero-order valence-corrected chi connectivity index (χ0v) is 5.11. The van der Waals surface area contributed by atoms with Gasteiger partial charge in [0.1, 0.15) is 0 Å². The molecule has 8 heavy (non-hydrogen) atoms. The van der Waals surface area contributed by atoms with Crippen molar-refractivity contribution in [2.45, 2.75) is 19.5 Å². The van der Waals surface area contributed by atoms with E-state index in [1.807, 2.05) is 0 Å². The highest BCUT2D eigenvalue weighted by Gasteiger charge is 2.29. The summed E-state index contributed by atoms with van der Waals surface area (Å²) in [6, 6.07) is 0. The van der Waals surface area contributed by atoms with E-state index in [2.05, 4.69) is 0 Å². The van der Waals surface area contributed by atoms with Crippen LogP contribution in [0.1, 0.15) is 6.92 Å². The van der Waals surface area contributed by atoms with Crippen molar-refractivity contribution in [3.05, 3.63) is 0 Å². The standard InChI is InChI=1S/C4H6ClNO2/c1-2-7-4(8-2)3(5)6/h2,4,6H,1H3. The summed E-state index contributed by atoms with van der Waals surface area (Å²) < 4.78 is 9.64. The maximum Gasteiger partial charge on any atom is 0.216 e. The Morgan fingerprint density at radius 2 is 2.12 bits per heavy atom. The lowest BCUT2D eigenvalue weighted by Crippen LogP contribution is -2.42. The Balaban J connectivity index is 2.25. The molecule has 1 rings (SSSR count). The maximum atomic E-state index is 6.76. The van der Waals surface area contributed by atoms with Crippen LogP contribution in [0, 0.1) is 5.41 Å². The van der Waals surface area contributed by atoms with Crippen molar-refractivity contribution >= 4 is 16.8 Å². The zero-order chi connectivity index (χ0) is 6.15. The molecular weight excluding hydrogens is 130 g/mol. The molecular formula is C4H6ClNO2. The van der Waals surface area contributed by atoms with Crippen LogP contribution in [0.2, 0.25) is 0 Å². The molecule has 0 unspecified atom stereocenters. The van der Waals surface area contributed by atoms with Crippen LogP contribution < -0.4 is 0 Å². The molecule has 1 heterocycles. The Labute approximate surface area is 52.0 Å². The van der Waals surface area contributed by atoms with Crippen LogP contribution >= 0.6 is 11.6 Å². The Kier molecular flexibility index (Phi) is 1.51. The van der Waals surface area contributed by atoms with Gasteiger partial charge in [-0.1, -0.05) is 11.6 Å². The van der Waals surface area contributed by atoms with Crippen molar-refractivity contribution in [1.29, 1.82) is 5.41 Å². The third-order valence-corrected chi connectivity index (χ3v) is 1.02. The first-order valence-corrected chi connectivity index (χ1v) is 2.63. The molecule has 46 valence electrons. The lowest BCUT2D eigenvalue weighted by molar-refractivity contribution is -0.344. The molecule has 1 fully saturated rings. The number of halogens is 1.